The largest absolute Gasteiger partial charge is 0.350 e. The van der Waals surface area contributed by atoms with Gasteiger partial charge in [0.1, 0.15) is 6.54 Å². The molecule has 1 aliphatic carbocycles. The van der Waals surface area contributed by atoms with Crippen LogP contribution in [0.2, 0.25) is 0 Å². The van der Waals surface area contributed by atoms with E-state index in [0.29, 0.717) is 5.56 Å². The number of carbonyl (C=O) groups is 2. The Morgan fingerprint density at radius 1 is 1.25 bits per heavy atom. The van der Waals surface area contributed by atoms with Crippen LogP contribution in [0.25, 0.3) is 0 Å². The molecule has 1 aliphatic heterocycles. The van der Waals surface area contributed by atoms with Crippen molar-refractivity contribution in [3.63, 3.8) is 0 Å². The molecule has 3 rings (SSSR count). The van der Waals surface area contributed by atoms with Crippen LogP contribution in [0.1, 0.15) is 36.0 Å². The normalized spacial score (nSPS) is 25.8. The average molecular weight is 275 g/mol. The van der Waals surface area contributed by atoms with Crippen LogP contribution >= 0.6 is 0 Å². The highest BCUT2D eigenvalue weighted by Gasteiger charge is 2.38. The van der Waals surface area contributed by atoms with Gasteiger partial charge >= 0.3 is 0 Å². The summed E-state index contributed by atoms with van der Waals surface area (Å²) in [5.74, 6) is -0.353. The molecule has 2 unspecified atom stereocenters. The number of piperazine rings is 1. The van der Waals surface area contributed by atoms with Gasteiger partial charge in [0.25, 0.3) is 5.91 Å². The molecule has 2 atom stereocenters. The molecular weight excluding hydrogens is 258 g/mol. The molecule has 2 fully saturated rings. The Kier molecular flexibility index (Phi) is 3.30. The summed E-state index contributed by atoms with van der Waals surface area (Å²) >= 11 is 0. The molecule has 1 saturated heterocycles. The molecule has 6 nitrogen and oxygen atoms in total. The maximum Gasteiger partial charge on any atom is 0.254 e. The molecule has 0 aromatic carbocycles. The van der Waals surface area contributed by atoms with Gasteiger partial charge in [0, 0.05) is 23.9 Å². The SMILES string of the molecule is O=C1CN(C(=O)c2cc[nH]c(=O)c2)C2CCCCC2N1. The first-order valence-electron chi connectivity index (χ1n) is 6.94. The zero-order chi connectivity index (χ0) is 14.1. The number of aromatic nitrogens is 1. The van der Waals surface area contributed by atoms with Crippen LogP contribution in [0.4, 0.5) is 0 Å². The number of H-pyrrole nitrogens is 1. The van der Waals surface area contributed by atoms with Crippen molar-refractivity contribution in [1.82, 2.24) is 15.2 Å². The molecule has 2 heterocycles. The summed E-state index contributed by atoms with van der Waals surface area (Å²) in [6.45, 7) is 0.0762. The first kappa shape index (κ1) is 12.9. The second-order valence-electron chi connectivity index (χ2n) is 5.40. The van der Waals surface area contributed by atoms with Crippen molar-refractivity contribution in [2.45, 2.75) is 37.8 Å². The highest BCUT2D eigenvalue weighted by Crippen LogP contribution is 2.26. The van der Waals surface area contributed by atoms with Gasteiger partial charge in [-0.15, -0.1) is 0 Å². The van der Waals surface area contributed by atoms with E-state index >= 15 is 0 Å². The summed E-state index contributed by atoms with van der Waals surface area (Å²) in [5.41, 5.74) is 0.0327. The number of rotatable bonds is 1. The predicted octanol–water partition coefficient (Wildman–Crippen LogP) is 0.258. The Labute approximate surface area is 116 Å². The second-order valence-corrected chi connectivity index (χ2v) is 5.40. The van der Waals surface area contributed by atoms with E-state index in [1.807, 2.05) is 0 Å². The third kappa shape index (κ3) is 2.33. The summed E-state index contributed by atoms with van der Waals surface area (Å²) in [7, 11) is 0. The van der Waals surface area contributed by atoms with Crippen molar-refractivity contribution in [2.24, 2.45) is 0 Å². The molecular formula is C14H17N3O3. The van der Waals surface area contributed by atoms with E-state index in [9.17, 15) is 14.4 Å². The molecule has 1 aromatic heterocycles. The van der Waals surface area contributed by atoms with E-state index in [-0.39, 0.29) is 36.0 Å². The van der Waals surface area contributed by atoms with Crippen molar-refractivity contribution in [3.05, 3.63) is 34.2 Å². The molecule has 2 aliphatic rings. The lowest BCUT2D eigenvalue weighted by molar-refractivity contribution is -0.127. The summed E-state index contributed by atoms with van der Waals surface area (Å²) < 4.78 is 0. The number of carbonyl (C=O) groups excluding carboxylic acids is 2. The topological polar surface area (TPSA) is 82.3 Å². The van der Waals surface area contributed by atoms with Crippen LogP contribution in [0, 0.1) is 0 Å². The molecule has 2 amide bonds. The number of fused-ring (bicyclic) bond motifs is 1. The van der Waals surface area contributed by atoms with Crippen LogP contribution < -0.4 is 10.9 Å². The van der Waals surface area contributed by atoms with Crippen molar-refractivity contribution in [3.8, 4) is 0 Å². The molecule has 0 bridgehead atoms. The summed E-state index contributed by atoms with van der Waals surface area (Å²) in [6.07, 6.45) is 5.41. The Morgan fingerprint density at radius 2 is 2.05 bits per heavy atom. The van der Waals surface area contributed by atoms with Gasteiger partial charge in [-0.1, -0.05) is 12.8 Å². The maximum absolute atomic E-state index is 12.5. The van der Waals surface area contributed by atoms with Crippen LogP contribution in [-0.4, -0.2) is 40.3 Å². The summed E-state index contributed by atoms with van der Waals surface area (Å²) in [6, 6.07) is 2.96. The highest BCUT2D eigenvalue weighted by molar-refractivity contribution is 5.97. The molecule has 20 heavy (non-hydrogen) atoms. The Hall–Kier alpha value is -2.11. The number of amides is 2. The van der Waals surface area contributed by atoms with Crippen molar-refractivity contribution in [1.29, 1.82) is 0 Å². The van der Waals surface area contributed by atoms with Gasteiger partial charge in [-0.25, -0.2) is 0 Å². The third-order valence-corrected chi connectivity index (χ3v) is 4.07. The number of hydrogen-bond acceptors (Lipinski definition) is 3. The lowest BCUT2D eigenvalue weighted by atomic mass is 9.87. The molecule has 1 saturated carbocycles. The number of nitrogens with zero attached hydrogens (tertiary/aromatic N) is 1. The number of nitrogens with one attached hydrogen (secondary N) is 2. The first-order chi connectivity index (χ1) is 9.65. The van der Waals surface area contributed by atoms with Crippen LogP contribution in [0.15, 0.2) is 23.1 Å². The van der Waals surface area contributed by atoms with Gasteiger partial charge in [0.05, 0.1) is 6.04 Å². The fourth-order valence-electron chi connectivity index (χ4n) is 3.14. The van der Waals surface area contributed by atoms with Gasteiger partial charge in [0.15, 0.2) is 0 Å². The Balaban J connectivity index is 1.88. The zero-order valence-electron chi connectivity index (χ0n) is 11.1. The minimum Gasteiger partial charge on any atom is -0.350 e. The first-order valence-corrected chi connectivity index (χ1v) is 6.94. The van der Waals surface area contributed by atoms with E-state index in [1.165, 1.54) is 12.3 Å². The highest BCUT2D eigenvalue weighted by atomic mass is 16.2. The van der Waals surface area contributed by atoms with E-state index in [0.717, 1.165) is 25.7 Å². The number of aromatic amines is 1. The monoisotopic (exact) mass is 275 g/mol. The molecule has 2 N–H and O–H groups in total. The van der Waals surface area contributed by atoms with Crippen molar-refractivity contribution >= 4 is 11.8 Å². The van der Waals surface area contributed by atoms with E-state index in [4.69, 9.17) is 0 Å². The van der Waals surface area contributed by atoms with Gasteiger partial charge in [-0.2, -0.15) is 0 Å². The minimum atomic E-state index is -0.308. The summed E-state index contributed by atoms with van der Waals surface area (Å²) in [5, 5.41) is 2.97. The van der Waals surface area contributed by atoms with Gasteiger partial charge < -0.3 is 15.2 Å². The van der Waals surface area contributed by atoms with Gasteiger partial charge in [-0.05, 0) is 18.9 Å². The quantitative estimate of drug-likeness (QED) is 0.771. The fraction of sp³-hybridized carbons (Fsp3) is 0.500. The minimum absolute atomic E-state index is 0.0493. The predicted molar refractivity (Wildman–Crippen MR) is 72.3 cm³/mol. The van der Waals surface area contributed by atoms with Gasteiger partial charge in [-0.3, -0.25) is 14.4 Å². The van der Waals surface area contributed by atoms with E-state index in [2.05, 4.69) is 10.3 Å². The molecule has 1 aromatic rings. The maximum atomic E-state index is 12.5. The fourth-order valence-corrected chi connectivity index (χ4v) is 3.14. The number of hydrogen-bond donors (Lipinski definition) is 2. The standard InChI is InChI=1S/C14H17N3O3/c18-12-7-9(5-6-15-12)14(20)17-8-13(19)16-10-3-1-2-4-11(10)17/h5-7,10-11H,1-4,8H2,(H,15,18)(H,16,19). The van der Waals surface area contributed by atoms with Gasteiger partial charge in [0.2, 0.25) is 11.5 Å². The Morgan fingerprint density at radius 3 is 2.85 bits per heavy atom. The molecule has 0 radical (unpaired) electrons. The average Bonchev–Trinajstić information content (AvgIpc) is 2.45. The van der Waals surface area contributed by atoms with E-state index < -0.39 is 0 Å². The zero-order valence-corrected chi connectivity index (χ0v) is 11.1. The third-order valence-electron chi connectivity index (χ3n) is 4.07. The number of pyridine rings is 1. The van der Waals surface area contributed by atoms with Crippen molar-refractivity contribution in [2.75, 3.05) is 6.54 Å². The van der Waals surface area contributed by atoms with Crippen molar-refractivity contribution < 1.29 is 9.59 Å². The lowest BCUT2D eigenvalue weighted by Gasteiger charge is -2.43. The smallest absolute Gasteiger partial charge is 0.254 e. The second kappa shape index (κ2) is 5.11. The lowest BCUT2D eigenvalue weighted by Crippen LogP contribution is -2.62. The van der Waals surface area contributed by atoms with E-state index in [1.54, 1.807) is 11.0 Å². The Bertz CT molecular complexity index is 595. The van der Waals surface area contributed by atoms with Crippen LogP contribution in [0.3, 0.4) is 0 Å². The van der Waals surface area contributed by atoms with Crippen LogP contribution in [0.5, 0.6) is 0 Å². The summed E-state index contributed by atoms with van der Waals surface area (Å²) in [4.78, 5) is 39.7. The molecule has 0 spiro atoms. The van der Waals surface area contributed by atoms with Crippen LogP contribution in [-0.2, 0) is 4.79 Å². The molecule has 106 valence electrons. The molecule has 6 heteroatoms.